The molecule has 1 aromatic heterocycles. The number of fused-ring (bicyclic) bond motifs is 2. The second-order valence-corrected chi connectivity index (χ2v) is 9.28. The fraction of sp³-hybridized carbons (Fsp3) is 0.286. The van der Waals surface area contributed by atoms with Crippen molar-refractivity contribution in [2.45, 2.75) is 44.2 Å². The van der Waals surface area contributed by atoms with Crippen LogP contribution in [0.4, 0.5) is 4.39 Å². The molecule has 7 heteroatoms. The third-order valence-electron chi connectivity index (χ3n) is 6.90. The van der Waals surface area contributed by atoms with Gasteiger partial charge in [-0.05, 0) is 60.5 Å². The Morgan fingerprint density at radius 3 is 2.71 bits per heavy atom. The van der Waals surface area contributed by atoms with Gasteiger partial charge in [-0.25, -0.2) is 4.39 Å². The van der Waals surface area contributed by atoms with E-state index in [-0.39, 0.29) is 17.6 Å². The number of amides is 2. The Labute approximate surface area is 202 Å². The van der Waals surface area contributed by atoms with Gasteiger partial charge in [-0.15, -0.1) is 0 Å². The van der Waals surface area contributed by atoms with Crippen molar-refractivity contribution in [3.05, 3.63) is 77.7 Å². The Morgan fingerprint density at radius 1 is 1.11 bits per heavy atom. The first-order valence-corrected chi connectivity index (χ1v) is 11.8. The van der Waals surface area contributed by atoms with Gasteiger partial charge in [-0.1, -0.05) is 30.3 Å². The highest BCUT2D eigenvalue weighted by molar-refractivity contribution is 5.91. The summed E-state index contributed by atoms with van der Waals surface area (Å²) in [4.78, 5) is 28.1. The summed E-state index contributed by atoms with van der Waals surface area (Å²) in [5.41, 5.74) is 2.29. The molecule has 0 bridgehead atoms. The number of carbonyl (C=O) groups is 2. The van der Waals surface area contributed by atoms with Gasteiger partial charge < -0.3 is 20.4 Å². The molecule has 3 aromatic carbocycles. The van der Waals surface area contributed by atoms with Crippen molar-refractivity contribution in [3.63, 3.8) is 0 Å². The van der Waals surface area contributed by atoms with Crippen LogP contribution in [0, 0.1) is 5.82 Å². The molecule has 0 spiro atoms. The number of hydrogen-bond acceptors (Lipinski definition) is 3. The molecule has 1 atom stereocenters. The number of nitrogens with one attached hydrogen (secondary N) is 3. The Kier molecular flexibility index (Phi) is 6.16. The second kappa shape index (κ2) is 9.41. The fourth-order valence-electron chi connectivity index (χ4n) is 5.11. The van der Waals surface area contributed by atoms with E-state index in [1.165, 1.54) is 12.1 Å². The number of ether oxygens (including phenoxy) is 1. The average Bonchev–Trinajstić information content (AvgIpc) is 3.44. The molecule has 0 radical (unpaired) electrons. The molecule has 35 heavy (non-hydrogen) atoms. The van der Waals surface area contributed by atoms with Crippen molar-refractivity contribution in [2.24, 2.45) is 0 Å². The van der Waals surface area contributed by atoms with Crippen molar-refractivity contribution in [1.82, 2.24) is 15.6 Å². The van der Waals surface area contributed by atoms with E-state index in [1.807, 2.05) is 36.4 Å². The highest BCUT2D eigenvalue weighted by atomic mass is 19.1. The molecule has 2 amide bonds. The molecule has 3 N–H and O–H groups in total. The molecule has 0 saturated carbocycles. The molecule has 2 heterocycles. The van der Waals surface area contributed by atoms with E-state index < -0.39 is 5.54 Å². The zero-order valence-electron chi connectivity index (χ0n) is 19.6. The molecule has 0 aliphatic carbocycles. The molecule has 0 unspecified atom stereocenters. The van der Waals surface area contributed by atoms with Gasteiger partial charge in [0.2, 0.25) is 11.8 Å². The van der Waals surface area contributed by atoms with Gasteiger partial charge in [-0.2, -0.15) is 0 Å². The van der Waals surface area contributed by atoms with Crippen LogP contribution in [0.2, 0.25) is 0 Å². The summed E-state index contributed by atoms with van der Waals surface area (Å²) >= 11 is 0. The SMILES string of the molecule is COc1ccc(C[C@]2(CCC(=O)NCc3cc4cc(F)ccc4[nH]3)CCC(=O)N2)c2ccccc12. The Hall–Kier alpha value is -3.87. The lowest BCUT2D eigenvalue weighted by atomic mass is 9.83. The van der Waals surface area contributed by atoms with E-state index in [2.05, 4.69) is 21.7 Å². The first-order chi connectivity index (χ1) is 16.9. The van der Waals surface area contributed by atoms with Gasteiger partial charge in [0, 0.05) is 40.4 Å². The molecule has 180 valence electrons. The molecule has 4 aromatic rings. The summed E-state index contributed by atoms with van der Waals surface area (Å²) in [7, 11) is 1.66. The summed E-state index contributed by atoms with van der Waals surface area (Å²) in [6, 6.07) is 18.5. The lowest BCUT2D eigenvalue weighted by Crippen LogP contribution is -2.44. The van der Waals surface area contributed by atoms with E-state index in [0.29, 0.717) is 38.6 Å². The van der Waals surface area contributed by atoms with Crippen LogP contribution in [0.3, 0.4) is 0 Å². The highest BCUT2D eigenvalue weighted by Gasteiger charge is 2.38. The Morgan fingerprint density at radius 2 is 1.94 bits per heavy atom. The summed E-state index contributed by atoms with van der Waals surface area (Å²) in [6.45, 7) is 0.331. The number of halogens is 1. The Balaban J connectivity index is 1.27. The predicted octanol–water partition coefficient (Wildman–Crippen LogP) is 4.76. The van der Waals surface area contributed by atoms with Gasteiger partial charge in [-0.3, -0.25) is 9.59 Å². The lowest BCUT2D eigenvalue weighted by Gasteiger charge is -2.30. The molecule has 1 aliphatic heterocycles. The topological polar surface area (TPSA) is 83.2 Å². The van der Waals surface area contributed by atoms with Gasteiger partial charge >= 0.3 is 0 Å². The minimum Gasteiger partial charge on any atom is -0.496 e. The number of aromatic amines is 1. The lowest BCUT2D eigenvalue weighted by molar-refractivity contribution is -0.122. The molecular weight excluding hydrogens is 445 g/mol. The smallest absolute Gasteiger partial charge is 0.220 e. The van der Waals surface area contributed by atoms with Gasteiger partial charge in [0.05, 0.1) is 13.7 Å². The number of benzene rings is 3. The van der Waals surface area contributed by atoms with Crippen LogP contribution >= 0.6 is 0 Å². The molecule has 1 saturated heterocycles. The first-order valence-electron chi connectivity index (χ1n) is 11.8. The number of aromatic nitrogens is 1. The predicted molar refractivity (Wildman–Crippen MR) is 134 cm³/mol. The molecular formula is C28H28FN3O3. The van der Waals surface area contributed by atoms with Crippen LogP contribution in [0.1, 0.15) is 36.9 Å². The van der Waals surface area contributed by atoms with Crippen LogP contribution in [-0.4, -0.2) is 29.4 Å². The summed E-state index contributed by atoms with van der Waals surface area (Å²) < 4.78 is 19.0. The summed E-state index contributed by atoms with van der Waals surface area (Å²) in [5, 5.41) is 9.00. The minimum atomic E-state index is -0.468. The third-order valence-corrected chi connectivity index (χ3v) is 6.90. The normalized spacial score (nSPS) is 17.6. The average molecular weight is 474 g/mol. The highest BCUT2D eigenvalue weighted by Crippen LogP contribution is 2.35. The zero-order valence-corrected chi connectivity index (χ0v) is 19.6. The van der Waals surface area contributed by atoms with Crippen molar-refractivity contribution in [1.29, 1.82) is 0 Å². The van der Waals surface area contributed by atoms with Crippen LogP contribution in [-0.2, 0) is 22.6 Å². The first kappa shape index (κ1) is 22.9. The molecule has 1 fully saturated rings. The quantitative estimate of drug-likeness (QED) is 0.345. The van der Waals surface area contributed by atoms with E-state index in [0.717, 1.165) is 38.7 Å². The van der Waals surface area contributed by atoms with Crippen molar-refractivity contribution >= 4 is 33.5 Å². The van der Waals surface area contributed by atoms with E-state index in [9.17, 15) is 14.0 Å². The fourth-order valence-corrected chi connectivity index (χ4v) is 5.11. The van der Waals surface area contributed by atoms with Crippen molar-refractivity contribution in [3.8, 4) is 5.75 Å². The van der Waals surface area contributed by atoms with Gasteiger partial charge in [0.1, 0.15) is 11.6 Å². The van der Waals surface area contributed by atoms with E-state index in [4.69, 9.17) is 4.74 Å². The molecule has 5 rings (SSSR count). The number of H-pyrrole nitrogens is 1. The Bertz CT molecular complexity index is 1410. The monoisotopic (exact) mass is 473 g/mol. The van der Waals surface area contributed by atoms with E-state index in [1.54, 1.807) is 13.2 Å². The van der Waals surface area contributed by atoms with Crippen LogP contribution in [0.5, 0.6) is 5.75 Å². The van der Waals surface area contributed by atoms with Crippen LogP contribution < -0.4 is 15.4 Å². The second-order valence-electron chi connectivity index (χ2n) is 9.28. The van der Waals surface area contributed by atoms with Gasteiger partial charge in [0.25, 0.3) is 0 Å². The molecule has 6 nitrogen and oxygen atoms in total. The zero-order chi connectivity index (χ0) is 24.4. The van der Waals surface area contributed by atoms with Crippen LogP contribution in [0.15, 0.2) is 60.7 Å². The standard InChI is InChI=1S/C28H28FN3O3/c1-35-25-9-6-18(22-4-2-3-5-23(22)25)16-28(13-11-27(34)32-28)12-10-26(33)30-17-21-15-19-14-20(29)7-8-24(19)31-21/h2-9,14-15,31H,10-13,16-17H2,1H3,(H,30,33)(H,32,34)/t28-/m0/s1. The van der Waals surface area contributed by atoms with Gasteiger partial charge in [0.15, 0.2) is 0 Å². The number of rotatable bonds is 8. The maximum absolute atomic E-state index is 13.4. The van der Waals surface area contributed by atoms with E-state index >= 15 is 0 Å². The summed E-state index contributed by atoms with van der Waals surface area (Å²) in [5.74, 6) is 0.456. The maximum atomic E-state index is 13.4. The van der Waals surface area contributed by atoms with Crippen LogP contribution in [0.25, 0.3) is 21.7 Å². The van der Waals surface area contributed by atoms with Crippen molar-refractivity contribution in [2.75, 3.05) is 7.11 Å². The number of hydrogen-bond donors (Lipinski definition) is 3. The van der Waals surface area contributed by atoms with Crippen molar-refractivity contribution < 1.29 is 18.7 Å². The number of methoxy groups -OCH3 is 1. The number of carbonyl (C=O) groups excluding carboxylic acids is 2. The minimum absolute atomic E-state index is 0.0218. The summed E-state index contributed by atoms with van der Waals surface area (Å²) in [6.07, 6.45) is 2.63. The largest absolute Gasteiger partial charge is 0.496 e. The third kappa shape index (κ3) is 4.85. The maximum Gasteiger partial charge on any atom is 0.220 e. The molecule has 1 aliphatic rings.